The van der Waals surface area contributed by atoms with Crippen LogP contribution in [0.3, 0.4) is 0 Å². The van der Waals surface area contributed by atoms with E-state index in [2.05, 4.69) is 150 Å². The van der Waals surface area contributed by atoms with Crippen LogP contribution in [-0.4, -0.2) is 19.5 Å². The molecule has 0 aliphatic heterocycles. The van der Waals surface area contributed by atoms with Gasteiger partial charge in [0.15, 0.2) is 17.5 Å². The van der Waals surface area contributed by atoms with Gasteiger partial charge in [-0.15, -0.1) is 22.7 Å². The summed E-state index contributed by atoms with van der Waals surface area (Å²) in [4.78, 5) is 15.2. The Balaban J connectivity index is 1.12. The average molecular weight is 763 g/mol. The number of aromatic nitrogens is 4. The smallest absolute Gasteiger partial charge is 0.165 e. The third-order valence-electron chi connectivity index (χ3n) is 11.1. The molecular weight excluding hydrogens is 733 g/mol. The minimum atomic E-state index is 0.659. The standard InChI is InChI=1S/C51H30N4S2/c1-4-15-31(16-5-1)49-52-50(32-17-6-2-7-18-32)54-51(53-49)39-26-13-25-38-37-24-12-23-36(47(37)57-48(38)39)35-22-14-27-42-46(35)41-29-40-34-21-10-11-28-44(34)56-45(40)30-43(41)55(42)33-19-8-3-9-20-33/h1-30H. The van der Waals surface area contributed by atoms with Gasteiger partial charge in [-0.05, 0) is 48.0 Å². The normalized spacial score (nSPS) is 11.9. The number of fused-ring (bicyclic) bond motifs is 9. The van der Waals surface area contributed by atoms with E-state index in [1.54, 1.807) is 0 Å². The van der Waals surface area contributed by atoms with Crippen LogP contribution in [0.25, 0.3) is 113 Å². The molecule has 6 heteroatoms. The van der Waals surface area contributed by atoms with Crippen LogP contribution in [-0.2, 0) is 0 Å². The molecule has 12 rings (SSSR count). The van der Waals surface area contributed by atoms with Crippen LogP contribution in [0.2, 0.25) is 0 Å². The summed E-state index contributed by atoms with van der Waals surface area (Å²) in [6, 6.07) is 64.8. The fourth-order valence-corrected chi connectivity index (χ4v) is 11.0. The average Bonchev–Trinajstić information content (AvgIpc) is 3.95. The minimum Gasteiger partial charge on any atom is -0.309 e. The molecule has 57 heavy (non-hydrogen) atoms. The Morgan fingerprint density at radius 1 is 0.351 bits per heavy atom. The number of para-hydroxylation sites is 1. The Hall–Kier alpha value is -6.99. The fraction of sp³-hybridized carbons (Fsp3) is 0. The van der Waals surface area contributed by atoms with Crippen molar-refractivity contribution < 1.29 is 0 Å². The Labute approximate surface area is 335 Å². The first kappa shape index (κ1) is 32.3. The van der Waals surface area contributed by atoms with Crippen molar-refractivity contribution in [1.29, 1.82) is 0 Å². The van der Waals surface area contributed by atoms with Crippen LogP contribution in [0, 0.1) is 0 Å². The summed E-state index contributed by atoms with van der Waals surface area (Å²) in [5, 5.41) is 7.55. The molecule has 4 nitrogen and oxygen atoms in total. The fourth-order valence-electron chi connectivity index (χ4n) is 8.50. The van der Waals surface area contributed by atoms with Gasteiger partial charge in [0.25, 0.3) is 0 Å². The number of hydrogen-bond donors (Lipinski definition) is 0. The zero-order valence-corrected chi connectivity index (χ0v) is 32.1. The lowest BCUT2D eigenvalue weighted by Crippen LogP contribution is -2.00. The van der Waals surface area contributed by atoms with Crippen molar-refractivity contribution in [3.05, 3.63) is 182 Å². The van der Waals surface area contributed by atoms with Gasteiger partial charge in [0, 0.05) is 79.1 Å². The van der Waals surface area contributed by atoms with Crippen molar-refractivity contribution in [2.45, 2.75) is 0 Å². The molecule has 0 saturated carbocycles. The van der Waals surface area contributed by atoms with Gasteiger partial charge < -0.3 is 4.57 Å². The zero-order chi connectivity index (χ0) is 37.5. The molecule has 0 bridgehead atoms. The van der Waals surface area contributed by atoms with Crippen molar-refractivity contribution >= 4 is 84.8 Å². The number of rotatable bonds is 5. The molecule has 0 unspecified atom stereocenters. The van der Waals surface area contributed by atoms with Crippen molar-refractivity contribution in [3.8, 4) is 51.0 Å². The highest BCUT2D eigenvalue weighted by atomic mass is 32.1. The Kier molecular flexibility index (Phi) is 7.24. The number of benzene rings is 8. The van der Waals surface area contributed by atoms with E-state index in [0.29, 0.717) is 17.5 Å². The molecule has 0 fully saturated rings. The van der Waals surface area contributed by atoms with Crippen LogP contribution >= 0.6 is 22.7 Å². The molecule has 4 heterocycles. The van der Waals surface area contributed by atoms with Gasteiger partial charge >= 0.3 is 0 Å². The van der Waals surface area contributed by atoms with Gasteiger partial charge in [-0.1, -0.05) is 140 Å². The molecule has 0 saturated heterocycles. The Morgan fingerprint density at radius 2 is 0.912 bits per heavy atom. The maximum Gasteiger partial charge on any atom is 0.165 e. The minimum absolute atomic E-state index is 0.659. The molecule has 0 atom stereocenters. The SMILES string of the molecule is c1ccc(-c2nc(-c3ccccc3)nc(-c3cccc4c3sc3c(-c5cccc6c5c5cc7c(cc5n6-c5ccccc5)sc5ccccc57)cccc34)n2)cc1. The third-order valence-corrected chi connectivity index (χ3v) is 13.5. The molecule has 8 aromatic carbocycles. The lowest BCUT2D eigenvalue weighted by atomic mass is 9.97. The number of thiophene rings is 2. The summed E-state index contributed by atoms with van der Waals surface area (Å²) >= 11 is 3.69. The second-order valence-corrected chi connectivity index (χ2v) is 16.4. The predicted molar refractivity (Wildman–Crippen MR) is 242 cm³/mol. The van der Waals surface area contributed by atoms with Gasteiger partial charge in [0.2, 0.25) is 0 Å². The summed E-state index contributed by atoms with van der Waals surface area (Å²) in [5.41, 5.74) is 8.93. The first-order chi connectivity index (χ1) is 28.3. The second-order valence-electron chi connectivity index (χ2n) is 14.3. The topological polar surface area (TPSA) is 43.6 Å². The summed E-state index contributed by atoms with van der Waals surface area (Å²) in [6.07, 6.45) is 0. The predicted octanol–water partition coefficient (Wildman–Crippen LogP) is 14.4. The van der Waals surface area contributed by atoms with Crippen molar-refractivity contribution in [2.24, 2.45) is 0 Å². The van der Waals surface area contributed by atoms with E-state index in [9.17, 15) is 0 Å². The summed E-state index contributed by atoms with van der Waals surface area (Å²) in [7, 11) is 0. The third kappa shape index (κ3) is 5.08. The molecule has 4 aromatic heterocycles. The number of nitrogens with zero attached hydrogens (tertiary/aromatic N) is 4. The van der Waals surface area contributed by atoms with Crippen LogP contribution in [0.5, 0.6) is 0 Å². The lowest BCUT2D eigenvalue weighted by Gasteiger charge is -2.09. The van der Waals surface area contributed by atoms with Crippen molar-refractivity contribution in [1.82, 2.24) is 19.5 Å². The monoisotopic (exact) mass is 762 g/mol. The van der Waals surface area contributed by atoms with Gasteiger partial charge in [-0.2, -0.15) is 0 Å². The largest absolute Gasteiger partial charge is 0.309 e. The first-order valence-electron chi connectivity index (χ1n) is 19.0. The molecule has 0 N–H and O–H groups in total. The molecule has 0 aliphatic rings. The van der Waals surface area contributed by atoms with E-state index in [4.69, 9.17) is 15.0 Å². The molecule has 0 radical (unpaired) electrons. The highest BCUT2D eigenvalue weighted by Gasteiger charge is 2.22. The van der Waals surface area contributed by atoms with Crippen LogP contribution in [0.15, 0.2) is 182 Å². The van der Waals surface area contributed by atoms with Crippen LogP contribution in [0.1, 0.15) is 0 Å². The van der Waals surface area contributed by atoms with Crippen LogP contribution < -0.4 is 0 Å². The highest BCUT2D eigenvalue weighted by Crippen LogP contribution is 2.48. The van der Waals surface area contributed by atoms with E-state index in [0.717, 1.165) is 27.1 Å². The van der Waals surface area contributed by atoms with Crippen molar-refractivity contribution in [2.75, 3.05) is 0 Å². The van der Waals surface area contributed by atoms with E-state index in [1.165, 1.54) is 68.6 Å². The van der Waals surface area contributed by atoms with E-state index >= 15 is 0 Å². The second kappa shape index (κ2) is 12.8. The summed E-state index contributed by atoms with van der Waals surface area (Å²) in [6.45, 7) is 0. The molecule has 12 aromatic rings. The molecular formula is C51H30N4S2. The van der Waals surface area contributed by atoms with Gasteiger partial charge in [0.1, 0.15) is 0 Å². The zero-order valence-electron chi connectivity index (χ0n) is 30.4. The Morgan fingerprint density at radius 3 is 1.63 bits per heavy atom. The highest BCUT2D eigenvalue weighted by molar-refractivity contribution is 7.27. The maximum atomic E-state index is 5.13. The van der Waals surface area contributed by atoms with Gasteiger partial charge in [-0.3, -0.25) is 0 Å². The van der Waals surface area contributed by atoms with Crippen LogP contribution in [0.4, 0.5) is 0 Å². The van der Waals surface area contributed by atoms with E-state index in [1.807, 2.05) is 59.1 Å². The first-order valence-corrected chi connectivity index (χ1v) is 20.7. The lowest BCUT2D eigenvalue weighted by molar-refractivity contribution is 1.08. The Bertz CT molecular complexity index is 3450. The molecule has 0 spiro atoms. The van der Waals surface area contributed by atoms with Gasteiger partial charge in [-0.25, -0.2) is 15.0 Å². The quantitative estimate of drug-likeness (QED) is 0.175. The molecule has 0 amide bonds. The van der Waals surface area contributed by atoms with Gasteiger partial charge in [0.05, 0.1) is 11.0 Å². The maximum absolute atomic E-state index is 5.13. The van der Waals surface area contributed by atoms with Crippen molar-refractivity contribution in [3.63, 3.8) is 0 Å². The number of hydrogen-bond acceptors (Lipinski definition) is 5. The molecule has 266 valence electrons. The molecule has 0 aliphatic carbocycles. The van der Waals surface area contributed by atoms with E-state index in [-0.39, 0.29) is 0 Å². The summed E-state index contributed by atoms with van der Waals surface area (Å²) < 4.78 is 7.46. The summed E-state index contributed by atoms with van der Waals surface area (Å²) in [5.74, 6) is 1.99. The van der Waals surface area contributed by atoms with E-state index < -0.39 is 0 Å².